The Bertz CT molecular complexity index is 1300. The predicted octanol–water partition coefficient (Wildman–Crippen LogP) is 4.74. The van der Waals surface area contributed by atoms with Gasteiger partial charge in [-0.25, -0.2) is 0 Å². The van der Waals surface area contributed by atoms with Crippen molar-refractivity contribution in [1.29, 1.82) is 5.26 Å². The van der Waals surface area contributed by atoms with E-state index in [9.17, 15) is 10.1 Å². The van der Waals surface area contributed by atoms with Gasteiger partial charge >= 0.3 is 0 Å². The molecule has 0 aromatic heterocycles. The normalized spacial score (nSPS) is 10.7. The molecule has 34 heavy (non-hydrogen) atoms. The highest BCUT2D eigenvalue weighted by atomic mass is 32.1. The summed E-state index contributed by atoms with van der Waals surface area (Å²) in [5.41, 5.74) is 1.55. The second kappa shape index (κ2) is 10.4. The van der Waals surface area contributed by atoms with Crippen LogP contribution in [0.3, 0.4) is 0 Å². The molecule has 0 saturated carbocycles. The van der Waals surface area contributed by atoms with Crippen LogP contribution in [-0.4, -0.2) is 16.2 Å². The van der Waals surface area contributed by atoms with Crippen molar-refractivity contribution < 1.29 is 4.79 Å². The first-order valence-electron chi connectivity index (χ1n) is 10.8. The van der Waals surface area contributed by atoms with Crippen molar-refractivity contribution in [3.05, 3.63) is 126 Å². The van der Waals surface area contributed by atoms with Crippen LogP contribution in [0.25, 0.3) is 0 Å². The fraction of sp³-hybridized carbons (Fsp3) is 0.0345. The Morgan fingerprint density at radius 2 is 1.15 bits per heavy atom. The topological polar surface area (TPSA) is 52.9 Å². The van der Waals surface area contributed by atoms with E-state index >= 15 is 0 Å². The maximum atomic E-state index is 13.0. The van der Waals surface area contributed by atoms with E-state index in [4.69, 9.17) is 12.2 Å². The third kappa shape index (κ3) is 4.50. The highest BCUT2D eigenvalue weighted by Crippen LogP contribution is 2.46. The van der Waals surface area contributed by atoms with Crippen molar-refractivity contribution in [3.63, 3.8) is 0 Å². The highest BCUT2D eigenvalue weighted by molar-refractivity contribution is 7.99. The summed E-state index contributed by atoms with van der Waals surface area (Å²) in [5, 5.41) is 16.8. The molecule has 0 saturated heterocycles. The number of aryl methyl sites for hydroxylation is 1. The maximum absolute atomic E-state index is 13.0. The van der Waals surface area contributed by atoms with E-state index in [-0.39, 0.29) is 10.9 Å². The van der Waals surface area contributed by atoms with Gasteiger partial charge in [0.2, 0.25) is 0 Å². The van der Waals surface area contributed by atoms with E-state index in [1.807, 2.05) is 110 Å². The van der Waals surface area contributed by atoms with E-state index in [0.29, 0.717) is 10.9 Å². The third-order valence-corrected chi connectivity index (χ3v) is 10.3. The molecule has 166 valence electrons. The number of rotatable bonds is 5. The maximum Gasteiger partial charge on any atom is 0.256 e. The van der Waals surface area contributed by atoms with Crippen molar-refractivity contribution in [3.8, 4) is 6.07 Å². The van der Waals surface area contributed by atoms with Crippen LogP contribution >= 0.6 is 19.1 Å². The number of benzene rings is 4. The number of hydrogen-bond acceptors (Lipinski definition) is 3. The molecule has 0 aliphatic carbocycles. The summed E-state index contributed by atoms with van der Waals surface area (Å²) in [6, 6.07) is 39.6. The van der Waals surface area contributed by atoms with E-state index in [1.165, 1.54) is 0 Å². The quantitative estimate of drug-likeness (QED) is 0.333. The molecule has 3 nitrogen and oxygen atoms in total. The van der Waals surface area contributed by atoms with Gasteiger partial charge in [-0.05, 0) is 41.9 Å². The van der Waals surface area contributed by atoms with Gasteiger partial charge in [-0.3, -0.25) is 4.79 Å². The largest absolute Gasteiger partial charge is 0.312 e. The lowest BCUT2D eigenvalue weighted by Gasteiger charge is -2.30. The van der Waals surface area contributed by atoms with Crippen LogP contribution in [0.4, 0.5) is 0 Å². The zero-order valence-electron chi connectivity index (χ0n) is 18.7. The minimum atomic E-state index is -2.68. The number of hydrogen-bond donors (Lipinski definition) is 1. The van der Waals surface area contributed by atoms with E-state index in [1.54, 1.807) is 12.1 Å². The smallest absolute Gasteiger partial charge is 0.256 e. The van der Waals surface area contributed by atoms with Crippen molar-refractivity contribution in [2.75, 3.05) is 0 Å². The van der Waals surface area contributed by atoms with Crippen LogP contribution in [0.2, 0.25) is 0 Å². The minimum absolute atomic E-state index is 0.151. The van der Waals surface area contributed by atoms with Gasteiger partial charge in [0.25, 0.3) is 5.91 Å². The zero-order valence-corrected chi connectivity index (χ0v) is 20.4. The van der Waals surface area contributed by atoms with Crippen LogP contribution in [0.1, 0.15) is 15.9 Å². The first-order chi connectivity index (χ1) is 16.6. The zero-order chi connectivity index (χ0) is 24.0. The lowest BCUT2D eigenvalue weighted by molar-refractivity contribution is 0.0978. The SMILES string of the molecule is Cc1ccc(C(=O)NC(=S)C(C#N)=P(c2ccccc2)(c2ccccc2)c2ccccc2)cc1. The van der Waals surface area contributed by atoms with Crippen LogP contribution < -0.4 is 21.2 Å². The molecule has 0 bridgehead atoms. The standard InChI is InChI=1S/C29H23N2OPS/c1-22-17-19-23(20-18-22)28(32)31-29(34)27(21-30)33(24-11-5-2-6-12-24,25-13-7-3-8-14-25)26-15-9-4-10-16-26/h2-20H,1H3,(H,31,32,34). The van der Waals surface area contributed by atoms with Gasteiger partial charge in [-0.2, -0.15) is 5.26 Å². The molecule has 0 aliphatic rings. The Kier molecular flexibility index (Phi) is 7.18. The minimum Gasteiger partial charge on any atom is -0.312 e. The molecule has 4 aromatic rings. The molecule has 1 N–H and O–H groups in total. The van der Waals surface area contributed by atoms with Crippen LogP contribution in [0, 0.1) is 18.3 Å². The fourth-order valence-corrected chi connectivity index (χ4v) is 8.59. The number of nitriles is 1. The number of nitrogens with zero attached hydrogens (tertiary/aromatic N) is 1. The van der Waals surface area contributed by atoms with Crippen LogP contribution in [0.5, 0.6) is 0 Å². The Labute approximate surface area is 205 Å². The number of nitrogens with one attached hydrogen (secondary N) is 1. The monoisotopic (exact) mass is 478 g/mol. The van der Waals surface area contributed by atoms with Gasteiger partial charge in [-0.15, -0.1) is 0 Å². The molecular formula is C29H23N2OPS. The number of carbonyl (C=O) groups is 1. The van der Waals surface area contributed by atoms with Gasteiger partial charge in [0, 0.05) is 5.56 Å². The fourth-order valence-electron chi connectivity index (χ4n) is 4.01. The van der Waals surface area contributed by atoms with Crippen molar-refractivity contribution >= 4 is 51.2 Å². The van der Waals surface area contributed by atoms with Gasteiger partial charge in [0.05, 0.1) is 5.29 Å². The molecule has 4 aromatic carbocycles. The van der Waals surface area contributed by atoms with E-state index < -0.39 is 6.89 Å². The van der Waals surface area contributed by atoms with Gasteiger partial charge in [-0.1, -0.05) is 121 Å². The predicted molar refractivity (Wildman–Crippen MR) is 147 cm³/mol. The third-order valence-electron chi connectivity index (χ3n) is 5.63. The van der Waals surface area contributed by atoms with Crippen molar-refractivity contribution in [1.82, 2.24) is 5.32 Å². The van der Waals surface area contributed by atoms with E-state index in [0.717, 1.165) is 21.5 Å². The summed E-state index contributed by atoms with van der Waals surface area (Å²) >= 11 is 5.76. The molecule has 0 spiro atoms. The average molecular weight is 479 g/mol. The first-order valence-corrected chi connectivity index (χ1v) is 13.0. The molecule has 0 unspecified atom stereocenters. The summed E-state index contributed by atoms with van der Waals surface area (Å²) < 4.78 is 0. The Balaban J connectivity index is 2.00. The summed E-state index contributed by atoms with van der Waals surface area (Å²) in [7, 11) is 0. The van der Waals surface area contributed by atoms with Crippen molar-refractivity contribution in [2.24, 2.45) is 0 Å². The second-order valence-corrected chi connectivity index (χ2v) is 11.5. The summed E-state index contributed by atoms with van der Waals surface area (Å²) in [5.74, 6) is -0.329. The number of carbonyl (C=O) groups excluding carboxylic acids is 1. The Hall–Kier alpha value is -3.77. The summed E-state index contributed by atoms with van der Waals surface area (Å²) in [4.78, 5) is 13.2. The lowest BCUT2D eigenvalue weighted by Crippen LogP contribution is -2.39. The van der Waals surface area contributed by atoms with Crippen molar-refractivity contribution in [2.45, 2.75) is 6.92 Å². The number of thiocarbonyl (C=S) groups is 1. The molecule has 0 fully saturated rings. The molecule has 0 aliphatic heterocycles. The molecule has 4 rings (SSSR count). The first kappa shape index (κ1) is 23.4. The van der Waals surface area contributed by atoms with E-state index in [2.05, 4.69) is 11.4 Å². The second-order valence-electron chi connectivity index (χ2n) is 7.79. The number of amides is 1. The lowest BCUT2D eigenvalue weighted by atomic mass is 10.1. The molecule has 0 atom stereocenters. The van der Waals surface area contributed by atoms with Crippen LogP contribution in [-0.2, 0) is 0 Å². The molecule has 0 radical (unpaired) electrons. The van der Waals surface area contributed by atoms with Gasteiger partial charge in [0.15, 0.2) is 0 Å². The molecule has 1 amide bonds. The average Bonchev–Trinajstić information content (AvgIpc) is 2.89. The summed E-state index contributed by atoms with van der Waals surface area (Å²) in [6.07, 6.45) is 0. The molecular weight excluding hydrogens is 455 g/mol. The van der Waals surface area contributed by atoms with Crippen LogP contribution in [0.15, 0.2) is 115 Å². The molecule has 0 heterocycles. The molecule has 5 heteroatoms. The van der Waals surface area contributed by atoms with Gasteiger partial charge in [0.1, 0.15) is 11.1 Å². The Morgan fingerprint density at radius 3 is 1.53 bits per heavy atom. The van der Waals surface area contributed by atoms with Gasteiger partial charge < -0.3 is 5.32 Å². The highest BCUT2D eigenvalue weighted by Gasteiger charge is 2.32. The summed E-state index contributed by atoms with van der Waals surface area (Å²) in [6.45, 7) is -0.711. The Morgan fingerprint density at radius 1 is 0.735 bits per heavy atom.